The zero-order chi connectivity index (χ0) is 13.8. The number of nitrogens with one attached hydrogen (secondary N) is 1. The first-order valence-corrected chi connectivity index (χ1v) is 6.69. The van der Waals surface area contributed by atoms with E-state index in [9.17, 15) is 0 Å². The van der Waals surface area contributed by atoms with Crippen molar-refractivity contribution in [1.82, 2.24) is 15.1 Å². The van der Waals surface area contributed by atoms with Crippen LogP contribution < -0.4 is 5.32 Å². The molecule has 0 rings (SSSR count). The average Bonchev–Trinajstić information content (AvgIpc) is 2.32. The minimum atomic E-state index is 0.431. The summed E-state index contributed by atoms with van der Waals surface area (Å²) in [5.41, 5.74) is 0. The first-order valence-electron chi connectivity index (χ1n) is 6.69. The highest BCUT2D eigenvalue weighted by molar-refractivity contribution is 4.68. The fourth-order valence-corrected chi connectivity index (χ4v) is 1.76. The molecule has 0 saturated carbocycles. The summed E-state index contributed by atoms with van der Waals surface area (Å²) in [7, 11) is 7.68. The van der Waals surface area contributed by atoms with Gasteiger partial charge in [-0.25, -0.2) is 0 Å². The minimum absolute atomic E-state index is 0.431. The fourth-order valence-electron chi connectivity index (χ4n) is 1.76. The topological polar surface area (TPSA) is 37.0 Å². The first kappa shape index (κ1) is 17.8. The van der Waals surface area contributed by atoms with Crippen molar-refractivity contribution in [2.24, 2.45) is 0 Å². The highest BCUT2D eigenvalue weighted by Gasteiger charge is 2.12. The van der Waals surface area contributed by atoms with Crippen molar-refractivity contribution < 1.29 is 9.47 Å². The van der Waals surface area contributed by atoms with Gasteiger partial charge < -0.3 is 19.7 Å². The third kappa shape index (κ3) is 9.79. The molecule has 0 aromatic heterocycles. The van der Waals surface area contributed by atoms with E-state index in [1.807, 2.05) is 0 Å². The third-order valence-electron chi connectivity index (χ3n) is 2.93. The molecule has 18 heavy (non-hydrogen) atoms. The van der Waals surface area contributed by atoms with Gasteiger partial charge in [0.1, 0.15) is 0 Å². The highest BCUT2D eigenvalue weighted by atomic mass is 16.5. The summed E-state index contributed by atoms with van der Waals surface area (Å²) < 4.78 is 10.4. The summed E-state index contributed by atoms with van der Waals surface area (Å²) in [5.74, 6) is 0. The predicted octanol–water partition coefficient (Wildman–Crippen LogP) is 0.121. The molecule has 110 valence electrons. The largest absolute Gasteiger partial charge is 0.383 e. The van der Waals surface area contributed by atoms with Crippen LogP contribution in [0.5, 0.6) is 0 Å². The molecule has 0 spiro atoms. The van der Waals surface area contributed by atoms with Crippen molar-refractivity contribution >= 4 is 0 Å². The number of ether oxygens (including phenoxy) is 2. The molecule has 0 aliphatic rings. The summed E-state index contributed by atoms with van der Waals surface area (Å²) in [6.45, 7) is 8.82. The van der Waals surface area contributed by atoms with E-state index in [4.69, 9.17) is 9.47 Å². The molecule has 0 aliphatic heterocycles. The van der Waals surface area contributed by atoms with Crippen LogP contribution in [0.25, 0.3) is 0 Å². The van der Waals surface area contributed by atoms with Gasteiger partial charge in [-0.05, 0) is 21.0 Å². The molecule has 1 N–H and O–H groups in total. The smallest absolute Gasteiger partial charge is 0.0615 e. The lowest BCUT2D eigenvalue weighted by molar-refractivity contribution is 0.0757. The minimum Gasteiger partial charge on any atom is -0.383 e. The molecule has 0 aromatic rings. The van der Waals surface area contributed by atoms with Crippen LogP contribution in [0.1, 0.15) is 6.92 Å². The van der Waals surface area contributed by atoms with Gasteiger partial charge in [-0.3, -0.25) is 4.90 Å². The first-order chi connectivity index (χ1) is 8.61. The predicted molar refractivity (Wildman–Crippen MR) is 76.2 cm³/mol. The summed E-state index contributed by atoms with van der Waals surface area (Å²) in [5, 5.41) is 3.46. The van der Waals surface area contributed by atoms with Crippen LogP contribution in [-0.2, 0) is 9.47 Å². The second-order valence-electron chi connectivity index (χ2n) is 4.89. The lowest BCUT2D eigenvalue weighted by Gasteiger charge is -2.28. The van der Waals surface area contributed by atoms with Crippen molar-refractivity contribution in [3.05, 3.63) is 0 Å². The Morgan fingerprint density at radius 3 is 2.22 bits per heavy atom. The molecule has 0 fully saturated rings. The monoisotopic (exact) mass is 261 g/mol. The van der Waals surface area contributed by atoms with Gasteiger partial charge in [0.25, 0.3) is 0 Å². The van der Waals surface area contributed by atoms with Crippen molar-refractivity contribution in [3.8, 4) is 0 Å². The summed E-state index contributed by atoms with van der Waals surface area (Å²) in [4.78, 5) is 4.58. The molecule has 0 aromatic carbocycles. The summed E-state index contributed by atoms with van der Waals surface area (Å²) in [6.07, 6.45) is 0. The Bertz CT molecular complexity index is 180. The fraction of sp³-hybridized carbons (Fsp3) is 1.00. The van der Waals surface area contributed by atoms with Gasteiger partial charge in [0, 0.05) is 53.0 Å². The Kier molecular flexibility index (Phi) is 11.7. The summed E-state index contributed by atoms with van der Waals surface area (Å²) in [6, 6.07) is 0.431. The van der Waals surface area contributed by atoms with E-state index in [1.165, 1.54) is 0 Å². The van der Waals surface area contributed by atoms with E-state index in [1.54, 1.807) is 14.2 Å². The van der Waals surface area contributed by atoms with Gasteiger partial charge >= 0.3 is 0 Å². The van der Waals surface area contributed by atoms with Gasteiger partial charge in [0.2, 0.25) is 0 Å². The maximum Gasteiger partial charge on any atom is 0.0615 e. The maximum atomic E-state index is 5.21. The molecular formula is C13H31N3O2. The molecule has 1 atom stereocenters. The molecule has 0 bridgehead atoms. The number of nitrogens with zero attached hydrogens (tertiary/aromatic N) is 2. The number of methoxy groups -OCH3 is 2. The summed E-state index contributed by atoms with van der Waals surface area (Å²) >= 11 is 0. The second kappa shape index (κ2) is 11.9. The van der Waals surface area contributed by atoms with E-state index < -0.39 is 0 Å². The van der Waals surface area contributed by atoms with Crippen molar-refractivity contribution in [2.45, 2.75) is 13.0 Å². The molecule has 5 heteroatoms. The number of hydrogen-bond acceptors (Lipinski definition) is 5. The Hall–Kier alpha value is -0.200. The van der Waals surface area contributed by atoms with E-state index in [-0.39, 0.29) is 0 Å². The Morgan fingerprint density at radius 2 is 1.67 bits per heavy atom. The molecule has 0 heterocycles. The number of hydrogen-bond donors (Lipinski definition) is 1. The quantitative estimate of drug-likeness (QED) is 0.505. The lowest BCUT2D eigenvalue weighted by Crippen LogP contribution is -2.43. The normalized spacial score (nSPS) is 13.5. The van der Waals surface area contributed by atoms with E-state index in [2.05, 4.69) is 36.1 Å². The van der Waals surface area contributed by atoms with Crippen molar-refractivity contribution in [3.63, 3.8) is 0 Å². The van der Waals surface area contributed by atoms with E-state index in [0.717, 1.165) is 45.9 Å². The number of likely N-dealkylation sites (N-methyl/N-ethyl adjacent to an activating group) is 1. The van der Waals surface area contributed by atoms with Gasteiger partial charge in [-0.2, -0.15) is 0 Å². The molecule has 1 unspecified atom stereocenters. The number of rotatable bonds is 12. The highest BCUT2D eigenvalue weighted by Crippen LogP contribution is 1.98. The van der Waals surface area contributed by atoms with Crippen molar-refractivity contribution in [2.75, 3.05) is 74.3 Å². The van der Waals surface area contributed by atoms with Gasteiger partial charge in [-0.15, -0.1) is 0 Å². The molecular weight excluding hydrogens is 230 g/mol. The van der Waals surface area contributed by atoms with E-state index in [0.29, 0.717) is 6.04 Å². The van der Waals surface area contributed by atoms with Gasteiger partial charge in [-0.1, -0.05) is 0 Å². The van der Waals surface area contributed by atoms with Crippen molar-refractivity contribution in [1.29, 1.82) is 0 Å². The molecule has 5 nitrogen and oxygen atoms in total. The molecule has 0 amide bonds. The maximum absolute atomic E-state index is 5.21. The van der Waals surface area contributed by atoms with Crippen LogP contribution in [0.3, 0.4) is 0 Å². The zero-order valence-electron chi connectivity index (χ0n) is 12.7. The zero-order valence-corrected chi connectivity index (χ0v) is 12.7. The molecule has 0 aliphatic carbocycles. The third-order valence-corrected chi connectivity index (χ3v) is 2.93. The Balaban J connectivity index is 3.78. The van der Waals surface area contributed by atoms with Crippen LogP contribution in [0.4, 0.5) is 0 Å². The Labute approximate surface area is 112 Å². The Morgan fingerprint density at radius 1 is 1.00 bits per heavy atom. The van der Waals surface area contributed by atoms with Gasteiger partial charge in [0.05, 0.1) is 13.2 Å². The second-order valence-corrected chi connectivity index (χ2v) is 4.89. The lowest BCUT2D eigenvalue weighted by atomic mass is 10.3. The van der Waals surface area contributed by atoms with Crippen LogP contribution in [0.2, 0.25) is 0 Å². The average molecular weight is 261 g/mol. The van der Waals surface area contributed by atoms with Gasteiger partial charge in [0.15, 0.2) is 0 Å². The SMILES string of the molecule is COCCN(CCNCCN(C)C)C(C)COC. The van der Waals surface area contributed by atoms with Crippen LogP contribution in [0.15, 0.2) is 0 Å². The van der Waals surface area contributed by atoms with Crippen LogP contribution in [0, 0.1) is 0 Å². The van der Waals surface area contributed by atoms with Crippen LogP contribution in [-0.4, -0.2) is 90.1 Å². The van der Waals surface area contributed by atoms with E-state index >= 15 is 0 Å². The van der Waals surface area contributed by atoms with Crippen LogP contribution >= 0.6 is 0 Å². The molecule has 0 radical (unpaired) electrons. The molecule has 0 saturated heterocycles. The standard InChI is InChI=1S/C13H31N3O2/c1-13(12-18-5)16(10-11-17-4)9-7-14-6-8-15(2)3/h13-14H,6-12H2,1-5H3.